The Hall–Kier alpha value is -0.570. The van der Waals surface area contributed by atoms with Crippen molar-refractivity contribution in [1.82, 2.24) is 4.98 Å². The molecule has 1 aliphatic rings. The van der Waals surface area contributed by atoms with Crippen LogP contribution in [0.2, 0.25) is 0 Å². The summed E-state index contributed by atoms with van der Waals surface area (Å²) in [5.41, 5.74) is 0. The maximum Gasteiger partial charge on any atom is 0.304 e. The van der Waals surface area contributed by atoms with Gasteiger partial charge in [-0.2, -0.15) is 0 Å². The standard InChI is InChI=1S/C7H9NOS/c9-7-8-4-6(10-7)5-2-1-3-5/h4-5H,1-3H2,(H,8,9). The van der Waals surface area contributed by atoms with Crippen molar-refractivity contribution in [3.63, 3.8) is 0 Å². The summed E-state index contributed by atoms with van der Waals surface area (Å²) in [5.74, 6) is 0.698. The highest BCUT2D eigenvalue weighted by Crippen LogP contribution is 2.36. The molecule has 0 saturated heterocycles. The largest absolute Gasteiger partial charge is 0.319 e. The Morgan fingerprint density at radius 3 is 2.80 bits per heavy atom. The zero-order valence-corrected chi connectivity index (χ0v) is 6.41. The first-order chi connectivity index (χ1) is 4.86. The summed E-state index contributed by atoms with van der Waals surface area (Å²) in [5, 5.41) is 0. The molecule has 1 aromatic rings. The minimum Gasteiger partial charge on any atom is -0.319 e. The molecule has 1 aliphatic carbocycles. The van der Waals surface area contributed by atoms with Crippen LogP contribution in [0.1, 0.15) is 30.1 Å². The van der Waals surface area contributed by atoms with Crippen molar-refractivity contribution in [2.75, 3.05) is 0 Å². The number of aromatic nitrogens is 1. The van der Waals surface area contributed by atoms with E-state index in [0.717, 1.165) is 0 Å². The second-order valence-corrected chi connectivity index (χ2v) is 3.75. The molecule has 1 heterocycles. The minimum atomic E-state index is 0.0851. The van der Waals surface area contributed by atoms with Crippen LogP contribution < -0.4 is 4.87 Å². The van der Waals surface area contributed by atoms with Crippen molar-refractivity contribution >= 4 is 11.3 Å². The van der Waals surface area contributed by atoms with E-state index < -0.39 is 0 Å². The molecule has 1 N–H and O–H groups in total. The van der Waals surface area contributed by atoms with Gasteiger partial charge in [0, 0.05) is 11.1 Å². The number of rotatable bonds is 1. The lowest BCUT2D eigenvalue weighted by Gasteiger charge is -2.22. The fraction of sp³-hybridized carbons (Fsp3) is 0.571. The molecule has 0 bridgehead atoms. The number of aromatic amines is 1. The van der Waals surface area contributed by atoms with Gasteiger partial charge in [-0.15, -0.1) is 0 Å². The molecule has 1 fully saturated rings. The molecular formula is C7H9NOS. The van der Waals surface area contributed by atoms with Crippen molar-refractivity contribution in [2.45, 2.75) is 25.2 Å². The molecule has 54 valence electrons. The second kappa shape index (κ2) is 2.23. The Labute approximate surface area is 62.9 Å². The Balaban J connectivity index is 2.25. The summed E-state index contributed by atoms with van der Waals surface area (Å²) in [7, 11) is 0. The monoisotopic (exact) mass is 155 g/mol. The zero-order valence-electron chi connectivity index (χ0n) is 5.59. The van der Waals surface area contributed by atoms with Crippen LogP contribution in [0.3, 0.4) is 0 Å². The van der Waals surface area contributed by atoms with Crippen LogP contribution in [0.5, 0.6) is 0 Å². The maximum atomic E-state index is 10.7. The Morgan fingerprint density at radius 1 is 1.60 bits per heavy atom. The van der Waals surface area contributed by atoms with Gasteiger partial charge < -0.3 is 4.98 Å². The lowest BCUT2D eigenvalue weighted by Crippen LogP contribution is -2.06. The Morgan fingerprint density at radius 2 is 2.40 bits per heavy atom. The summed E-state index contributed by atoms with van der Waals surface area (Å²) in [4.78, 5) is 14.7. The molecule has 0 aromatic carbocycles. The first-order valence-corrected chi connectivity index (χ1v) is 4.36. The molecule has 0 spiro atoms. The molecular weight excluding hydrogens is 146 g/mol. The van der Waals surface area contributed by atoms with E-state index in [2.05, 4.69) is 4.98 Å². The predicted octanol–water partition coefficient (Wildman–Crippen LogP) is 1.70. The molecule has 0 amide bonds. The van der Waals surface area contributed by atoms with Gasteiger partial charge >= 0.3 is 4.87 Å². The number of thiazole rings is 1. The lowest BCUT2D eigenvalue weighted by atomic mass is 9.85. The van der Waals surface area contributed by atoms with Crippen LogP contribution >= 0.6 is 11.3 Å². The zero-order chi connectivity index (χ0) is 6.97. The fourth-order valence-corrected chi connectivity index (χ4v) is 2.04. The van der Waals surface area contributed by atoms with Crippen molar-refractivity contribution in [3.05, 3.63) is 20.7 Å². The lowest BCUT2D eigenvalue weighted by molar-refractivity contribution is 0.425. The third kappa shape index (κ3) is 0.904. The van der Waals surface area contributed by atoms with Gasteiger partial charge in [-0.1, -0.05) is 17.8 Å². The molecule has 2 nitrogen and oxygen atoms in total. The van der Waals surface area contributed by atoms with Gasteiger partial charge in [-0.05, 0) is 18.8 Å². The quantitative estimate of drug-likeness (QED) is 0.658. The number of H-pyrrole nitrogens is 1. The average Bonchev–Trinajstić information content (AvgIpc) is 2.10. The van der Waals surface area contributed by atoms with Crippen LogP contribution in [-0.2, 0) is 0 Å². The summed E-state index contributed by atoms with van der Waals surface area (Å²) in [6.07, 6.45) is 5.73. The molecule has 10 heavy (non-hydrogen) atoms. The topological polar surface area (TPSA) is 32.9 Å². The average molecular weight is 155 g/mol. The molecule has 0 aliphatic heterocycles. The van der Waals surface area contributed by atoms with Gasteiger partial charge in [0.1, 0.15) is 0 Å². The molecule has 2 rings (SSSR count). The molecule has 1 aromatic heterocycles. The molecule has 0 atom stereocenters. The number of hydrogen-bond acceptors (Lipinski definition) is 2. The van der Waals surface area contributed by atoms with Gasteiger partial charge in [0.15, 0.2) is 0 Å². The van der Waals surface area contributed by atoms with Crippen molar-refractivity contribution in [1.29, 1.82) is 0 Å². The first kappa shape index (κ1) is 6.16. The summed E-state index contributed by atoms with van der Waals surface area (Å²) < 4.78 is 0. The van der Waals surface area contributed by atoms with E-state index in [9.17, 15) is 4.79 Å². The third-order valence-corrected chi connectivity index (χ3v) is 3.04. The van der Waals surface area contributed by atoms with E-state index in [0.29, 0.717) is 5.92 Å². The van der Waals surface area contributed by atoms with Gasteiger partial charge in [0.25, 0.3) is 0 Å². The summed E-state index contributed by atoms with van der Waals surface area (Å²) in [6.45, 7) is 0. The van der Waals surface area contributed by atoms with Gasteiger partial charge in [0.05, 0.1) is 0 Å². The smallest absolute Gasteiger partial charge is 0.304 e. The number of nitrogens with one attached hydrogen (secondary N) is 1. The molecule has 3 heteroatoms. The van der Waals surface area contributed by atoms with Crippen LogP contribution in [0, 0.1) is 0 Å². The second-order valence-electron chi connectivity index (χ2n) is 2.71. The van der Waals surface area contributed by atoms with Crippen molar-refractivity contribution < 1.29 is 0 Å². The van der Waals surface area contributed by atoms with Gasteiger partial charge in [-0.3, -0.25) is 4.79 Å². The van der Waals surface area contributed by atoms with E-state index in [-0.39, 0.29) is 4.87 Å². The highest BCUT2D eigenvalue weighted by molar-refractivity contribution is 7.09. The minimum absolute atomic E-state index is 0.0851. The van der Waals surface area contributed by atoms with Crippen LogP contribution in [-0.4, -0.2) is 4.98 Å². The van der Waals surface area contributed by atoms with E-state index in [1.54, 1.807) is 0 Å². The van der Waals surface area contributed by atoms with Gasteiger partial charge in [0.2, 0.25) is 0 Å². The van der Waals surface area contributed by atoms with Crippen LogP contribution in [0.25, 0.3) is 0 Å². The maximum absolute atomic E-state index is 10.7. The highest BCUT2D eigenvalue weighted by atomic mass is 32.1. The van der Waals surface area contributed by atoms with E-state index in [4.69, 9.17) is 0 Å². The van der Waals surface area contributed by atoms with Crippen LogP contribution in [0.4, 0.5) is 0 Å². The summed E-state index contributed by atoms with van der Waals surface area (Å²) >= 11 is 1.36. The summed E-state index contributed by atoms with van der Waals surface area (Å²) in [6, 6.07) is 0. The third-order valence-electron chi connectivity index (χ3n) is 2.05. The van der Waals surface area contributed by atoms with Gasteiger partial charge in [-0.25, -0.2) is 0 Å². The molecule has 0 unspecified atom stereocenters. The van der Waals surface area contributed by atoms with E-state index >= 15 is 0 Å². The highest BCUT2D eigenvalue weighted by Gasteiger charge is 2.20. The number of hydrogen-bond donors (Lipinski definition) is 1. The van der Waals surface area contributed by atoms with Crippen LogP contribution in [0.15, 0.2) is 11.0 Å². The van der Waals surface area contributed by atoms with Crippen molar-refractivity contribution in [2.24, 2.45) is 0 Å². The normalized spacial score (nSPS) is 18.8. The molecule has 1 saturated carbocycles. The Kier molecular flexibility index (Phi) is 1.38. The SMILES string of the molecule is O=c1[nH]cc(C2CCC2)s1. The first-order valence-electron chi connectivity index (χ1n) is 3.54. The predicted molar refractivity (Wildman–Crippen MR) is 41.5 cm³/mol. The van der Waals surface area contributed by atoms with E-state index in [1.165, 1.54) is 35.5 Å². The Bertz CT molecular complexity index is 271. The van der Waals surface area contributed by atoms with Crippen molar-refractivity contribution in [3.8, 4) is 0 Å². The fourth-order valence-electron chi connectivity index (χ4n) is 1.19. The molecule has 0 radical (unpaired) electrons. The van der Waals surface area contributed by atoms with E-state index in [1.807, 2.05) is 6.20 Å².